The Bertz CT molecular complexity index is 384. The smallest absolute Gasteiger partial charge is 0.240 e. The van der Waals surface area contributed by atoms with Crippen LogP contribution in [0, 0.1) is 5.82 Å². The highest BCUT2D eigenvalue weighted by Crippen LogP contribution is 2.22. The molecule has 1 aromatic carbocycles. The first kappa shape index (κ1) is 13.1. The van der Waals surface area contributed by atoms with Crippen LogP contribution in [0.15, 0.2) is 22.7 Å². The van der Waals surface area contributed by atoms with Crippen LogP contribution in [0.3, 0.4) is 0 Å². The second-order valence-electron chi connectivity index (χ2n) is 3.33. The minimum Gasteiger partial charge on any atom is -0.312 e. The van der Waals surface area contributed by atoms with Crippen LogP contribution in [0.1, 0.15) is 6.92 Å². The van der Waals surface area contributed by atoms with E-state index in [0.717, 1.165) is 4.47 Å². The Balaban J connectivity index is 2.82. The first-order chi connectivity index (χ1) is 7.56. The van der Waals surface area contributed by atoms with E-state index in [0.29, 0.717) is 6.54 Å². The summed E-state index contributed by atoms with van der Waals surface area (Å²) in [6, 6.07) is 4.51. The van der Waals surface area contributed by atoms with Crippen molar-refractivity contribution in [1.29, 1.82) is 0 Å². The van der Waals surface area contributed by atoms with Crippen molar-refractivity contribution in [2.24, 2.45) is 0 Å². The number of anilines is 1. The fourth-order valence-corrected chi connectivity index (χ4v) is 1.58. The van der Waals surface area contributed by atoms with E-state index < -0.39 is 5.82 Å². The van der Waals surface area contributed by atoms with Gasteiger partial charge in [-0.25, -0.2) is 4.39 Å². The number of nitrogens with one attached hydrogen (secondary N) is 1. The molecule has 5 heteroatoms. The lowest BCUT2D eigenvalue weighted by Crippen LogP contribution is -2.35. The van der Waals surface area contributed by atoms with Gasteiger partial charge in [0.1, 0.15) is 5.82 Å². The van der Waals surface area contributed by atoms with Crippen molar-refractivity contribution >= 4 is 27.5 Å². The molecular formula is C11H14BrFN2O. The third-order valence-corrected chi connectivity index (χ3v) is 2.66. The number of likely N-dealkylation sites (N-methyl/N-ethyl adjacent to an activating group) is 2. The number of hydrogen-bond donors (Lipinski definition) is 1. The van der Waals surface area contributed by atoms with Crippen molar-refractivity contribution in [1.82, 2.24) is 5.32 Å². The number of benzene rings is 1. The van der Waals surface area contributed by atoms with Crippen LogP contribution < -0.4 is 10.2 Å². The minimum absolute atomic E-state index is 0.168. The topological polar surface area (TPSA) is 32.3 Å². The number of carbonyl (C=O) groups excluding carboxylic acids is 1. The summed E-state index contributed by atoms with van der Waals surface area (Å²) in [5, 5.41) is 2.91. The van der Waals surface area contributed by atoms with Gasteiger partial charge in [-0.3, -0.25) is 4.79 Å². The summed E-state index contributed by atoms with van der Waals surface area (Å²) in [5.74, 6) is -0.575. The van der Waals surface area contributed by atoms with Gasteiger partial charge < -0.3 is 10.2 Å². The highest BCUT2D eigenvalue weighted by atomic mass is 79.9. The number of hydrogen-bond acceptors (Lipinski definition) is 2. The zero-order valence-electron chi connectivity index (χ0n) is 9.26. The molecular weight excluding hydrogens is 275 g/mol. The van der Waals surface area contributed by atoms with Gasteiger partial charge in [-0.1, -0.05) is 22.9 Å². The third kappa shape index (κ3) is 3.28. The van der Waals surface area contributed by atoms with Crippen molar-refractivity contribution in [2.45, 2.75) is 6.92 Å². The quantitative estimate of drug-likeness (QED) is 0.921. The molecule has 0 unspecified atom stereocenters. The number of nitrogens with zero attached hydrogens (tertiary/aromatic N) is 1. The van der Waals surface area contributed by atoms with Crippen molar-refractivity contribution < 1.29 is 9.18 Å². The molecule has 1 amide bonds. The molecule has 1 N–H and O–H groups in total. The van der Waals surface area contributed by atoms with Gasteiger partial charge in [0.25, 0.3) is 0 Å². The molecule has 0 atom stereocenters. The maximum Gasteiger partial charge on any atom is 0.240 e. The van der Waals surface area contributed by atoms with Gasteiger partial charge in [-0.05, 0) is 24.7 Å². The molecule has 3 nitrogen and oxygen atoms in total. The van der Waals surface area contributed by atoms with Gasteiger partial charge >= 0.3 is 0 Å². The van der Waals surface area contributed by atoms with E-state index in [1.807, 2.05) is 6.92 Å². The van der Waals surface area contributed by atoms with Crippen molar-refractivity contribution in [3.63, 3.8) is 0 Å². The number of halogens is 2. The van der Waals surface area contributed by atoms with Gasteiger partial charge in [0, 0.05) is 11.5 Å². The number of rotatable bonds is 4. The normalized spacial score (nSPS) is 10.2. The summed E-state index contributed by atoms with van der Waals surface area (Å²) in [4.78, 5) is 13.0. The van der Waals surface area contributed by atoms with Crippen LogP contribution >= 0.6 is 15.9 Å². The molecule has 0 bridgehead atoms. The van der Waals surface area contributed by atoms with Crippen LogP contribution in [0.25, 0.3) is 0 Å². The molecule has 0 saturated heterocycles. The monoisotopic (exact) mass is 288 g/mol. The van der Waals surface area contributed by atoms with Crippen molar-refractivity contribution in [3.05, 3.63) is 28.5 Å². The molecule has 0 radical (unpaired) electrons. The minimum atomic E-state index is -0.407. The van der Waals surface area contributed by atoms with E-state index in [1.54, 1.807) is 19.2 Å². The maximum atomic E-state index is 13.5. The van der Waals surface area contributed by atoms with E-state index >= 15 is 0 Å². The molecule has 0 spiro atoms. The van der Waals surface area contributed by atoms with Crippen LogP contribution in [-0.4, -0.2) is 26.0 Å². The Labute approximate surface area is 103 Å². The first-order valence-corrected chi connectivity index (χ1v) is 5.78. The Morgan fingerprint density at radius 1 is 1.56 bits per heavy atom. The largest absolute Gasteiger partial charge is 0.312 e. The molecule has 0 aliphatic carbocycles. The van der Waals surface area contributed by atoms with E-state index in [-0.39, 0.29) is 18.1 Å². The number of amides is 1. The second kappa shape index (κ2) is 5.96. The van der Waals surface area contributed by atoms with Gasteiger partial charge in [-0.2, -0.15) is 0 Å². The summed E-state index contributed by atoms with van der Waals surface area (Å²) in [5.41, 5.74) is 0.275. The molecule has 0 aliphatic heterocycles. The van der Waals surface area contributed by atoms with Gasteiger partial charge in [0.15, 0.2) is 0 Å². The predicted octanol–water partition coefficient (Wildman–Crippen LogP) is 2.16. The second-order valence-corrected chi connectivity index (χ2v) is 4.24. The molecule has 1 rings (SSSR count). The Morgan fingerprint density at radius 3 is 2.88 bits per heavy atom. The molecule has 0 saturated carbocycles. The molecule has 0 heterocycles. The van der Waals surface area contributed by atoms with Gasteiger partial charge in [0.05, 0.1) is 12.2 Å². The highest BCUT2D eigenvalue weighted by Gasteiger charge is 2.14. The van der Waals surface area contributed by atoms with E-state index in [4.69, 9.17) is 0 Å². The Kier molecular flexibility index (Phi) is 4.89. The molecule has 88 valence electrons. The zero-order chi connectivity index (χ0) is 12.1. The zero-order valence-corrected chi connectivity index (χ0v) is 10.8. The van der Waals surface area contributed by atoms with Gasteiger partial charge in [-0.15, -0.1) is 0 Å². The van der Waals surface area contributed by atoms with Crippen molar-refractivity contribution in [2.75, 3.05) is 25.0 Å². The van der Waals surface area contributed by atoms with Crippen LogP contribution in [0.5, 0.6) is 0 Å². The Morgan fingerprint density at radius 2 is 2.25 bits per heavy atom. The summed E-state index contributed by atoms with van der Waals surface area (Å²) in [6.45, 7) is 2.83. The SMILES string of the molecule is CCNCC(=O)N(C)c1cc(Br)ccc1F. The average molecular weight is 289 g/mol. The van der Waals surface area contributed by atoms with E-state index in [1.165, 1.54) is 11.0 Å². The van der Waals surface area contributed by atoms with Crippen LogP contribution in [0.2, 0.25) is 0 Å². The summed E-state index contributed by atoms with van der Waals surface area (Å²) in [6.07, 6.45) is 0. The number of carbonyl (C=O) groups is 1. The lowest BCUT2D eigenvalue weighted by atomic mass is 10.3. The molecule has 16 heavy (non-hydrogen) atoms. The average Bonchev–Trinajstić information content (AvgIpc) is 2.28. The molecule has 1 aromatic rings. The van der Waals surface area contributed by atoms with E-state index in [2.05, 4.69) is 21.2 Å². The van der Waals surface area contributed by atoms with E-state index in [9.17, 15) is 9.18 Å². The van der Waals surface area contributed by atoms with Gasteiger partial charge in [0.2, 0.25) is 5.91 Å². The van der Waals surface area contributed by atoms with Crippen molar-refractivity contribution in [3.8, 4) is 0 Å². The highest BCUT2D eigenvalue weighted by molar-refractivity contribution is 9.10. The summed E-state index contributed by atoms with van der Waals surface area (Å²) < 4.78 is 14.2. The Hall–Kier alpha value is -0.940. The van der Waals surface area contributed by atoms with Crippen LogP contribution in [0.4, 0.5) is 10.1 Å². The maximum absolute atomic E-state index is 13.5. The predicted molar refractivity (Wildman–Crippen MR) is 66.1 cm³/mol. The third-order valence-electron chi connectivity index (χ3n) is 2.17. The fourth-order valence-electron chi connectivity index (χ4n) is 1.23. The molecule has 0 aliphatic rings. The van der Waals surface area contributed by atoms with Crippen LogP contribution in [-0.2, 0) is 4.79 Å². The summed E-state index contributed by atoms with van der Waals surface area (Å²) >= 11 is 3.25. The lowest BCUT2D eigenvalue weighted by molar-refractivity contribution is -0.117. The summed E-state index contributed by atoms with van der Waals surface area (Å²) in [7, 11) is 1.56. The molecule has 0 aromatic heterocycles. The standard InChI is InChI=1S/C11H14BrFN2O/c1-3-14-7-11(16)15(2)10-6-8(12)4-5-9(10)13/h4-6,14H,3,7H2,1-2H3. The molecule has 0 fully saturated rings. The lowest BCUT2D eigenvalue weighted by Gasteiger charge is -2.18. The fraction of sp³-hybridized carbons (Fsp3) is 0.364. The first-order valence-electron chi connectivity index (χ1n) is 4.98.